The molecule has 0 fully saturated rings. The summed E-state index contributed by atoms with van der Waals surface area (Å²) >= 11 is 5.50. The maximum absolute atomic E-state index is 5.50. The number of nitrogens with one attached hydrogen (secondary N) is 1. The third-order valence-corrected chi connectivity index (χ3v) is 1.14. The fraction of sp³-hybridized carbons (Fsp3) is 0.167. The van der Waals surface area contributed by atoms with Gasteiger partial charge in [0.2, 0.25) is 17.2 Å². The summed E-state index contributed by atoms with van der Waals surface area (Å²) in [5, 5.41) is 2.76. The molecule has 3 N–H and O–H groups in total. The topological polar surface area (TPSA) is 76.7 Å². The Kier molecular flexibility index (Phi) is 2.66. The molecule has 0 aliphatic carbocycles. The van der Waals surface area contributed by atoms with Crippen LogP contribution >= 0.6 is 11.6 Å². The Labute approximate surface area is 74.4 Å². The maximum Gasteiger partial charge on any atom is 0.229 e. The van der Waals surface area contributed by atoms with Gasteiger partial charge < -0.3 is 11.1 Å². The zero-order chi connectivity index (χ0) is 8.97. The Morgan fingerprint density at radius 2 is 2.25 bits per heavy atom. The summed E-state index contributed by atoms with van der Waals surface area (Å²) in [6, 6.07) is 0. The second-order valence-electron chi connectivity index (χ2n) is 1.84. The van der Waals surface area contributed by atoms with Crippen LogP contribution in [-0.4, -0.2) is 21.5 Å². The third-order valence-electron chi connectivity index (χ3n) is 0.974. The van der Waals surface area contributed by atoms with Crippen molar-refractivity contribution in [2.24, 2.45) is 0 Å². The van der Waals surface area contributed by atoms with Crippen molar-refractivity contribution in [2.45, 2.75) is 0 Å². The van der Waals surface area contributed by atoms with Crippen molar-refractivity contribution < 1.29 is 0 Å². The Morgan fingerprint density at radius 1 is 1.50 bits per heavy atom. The predicted molar refractivity (Wildman–Crippen MR) is 46.6 cm³/mol. The molecule has 0 aliphatic heterocycles. The Morgan fingerprint density at radius 3 is 2.83 bits per heavy atom. The number of halogens is 1. The van der Waals surface area contributed by atoms with Crippen LogP contribution in [0.2, 0.25) is 5.28 Å². The minimum atomic E-state index is 0.0435. The number of aromatic nitrogens is 3. The van der Waals surface area contributed by atoms with E-state index < -0.39 is 0 Å². The second kappa shape index (κ2) is 3.74. The van der Waals surface area contributed by atoms with E-state index in [0.717, 1.165) is 0 Å². The van der Waals surface area contributed by atoms with Crippen LogP contribution in [-0.2, 0) is 0 Å². The Hall–Kier alpha value is -1.54. The van der Waals surface area contributed by atoms with Crippen LogP contribution in [0.5, 0.6) is 0 Å². The van der Waals surface area contributed by atoms with Crippen LogP contribution in [0, 0.1) is 12.3 Å². The zero-order valence-corrected chi connectivity index (χ0v) is 6.84. The molecule has 12 heavy (non-hydrogen) atoms. The molecule has 0 saturated heterocycles. The van der Waals surface area contributed by atoms with Gasteiger partial charge in [-0.05, 0) is 11.6 Å². The highest BCUT2D eigenvalue weighted by molar-refractivity contribution is 6.28. The van der Waals surface area contributed by atoms with Crippen molar-refractivity contribution in [1.82, 2.24) is 15.0 Å². The van der Waals surface area contributed by atoms with Crippen molar-refractivity contribution in [3.63, 3.8) is 0 Å². The van der Waals surface area contributed by atoms with Crippen LogP contribution in [0.15, 0.2) is 0 Å². The van der Waals surface area contributed by atoms with Gasteiger partial charge in [0, 0.05) is 0 Å². The van der Waals surface area contributed by atoms with Crippen molar-refractivity contribution in [1.29, 1.82) is 0 Å². The normalized spacial score (nSPS) is 9.00. The molecule has 0 bridgehead atoms. The molecule has 1 heterocycles. The summed E-state index contributed by atoms with van der Waals surface area (Å²) in [4.78, 5) is 11.0. The van der Waals surface area contributed by atoms with Crippen LogP contribution in [0.1, 0.15) is 0 Å². The highest BCUT2D eigenvalue weighted by Crippen LogP contribution is 2.05. The van der Waals surface area contributed by atoms with E-state index in [1.165, 1.54) is 0 Å². The molecule has 0 radical (unpaired) electrons. The average Bonchev–Trinajstić information content (AvgIpc) is 1.99. The lowest BCUT2D eigenvalue weighted by molar-refractivity contribution is 1.05. The smallest absolute Gasteiger partial charge is 0.229 e. The number of rotatable bonds is 2. The summed E-state index contributed by atoms with van der Waals surface area (Å²) in [5.74, 6) is 2.71. The van der Waals surface area contributed by atoms with Gasteiger partial charge in [-0.3, -0.25) is 0 Å². The van der Waals surface area contributed by atoms with Gasteiger partial charge in [0.05, 0.1) is 6.54 Å². The molecule has 0 unspecified atom stereocenters. The summed E-state index contributed by atoms with van der Waals surface area (Å²) < 4.78 is 0. The number of nitrogen functional groups attached to an aromatic ring is 1. The molecule has 0 saturated carbocycles. The van der Waals surface area contributed by atoms with E-state index in [2.05, 4.69) is 26.2 Å². The van der Waals surface area contributed by atoms with Gasteiger partial charge in [-0.15, -0.1) is 6.42 Å². The molecule has 0 amide bonds. The van der Waals surface area contributed by atoms with Crippen molar-refractivity contribution in [3.05, 3.63) is 5.28 Å². The van der Waals surface area contributed by atoms with Crippen LogP contribution in [0.4, 0.5) is 11.9 Å². The lowest BCUT2D eigenvalue weighted by Gasteiger charge is -2.00. The first-order chi connectivity index (χ1) is 5.72. The molecule has 5 nitrogen and oxygen atoms in total. The lowest BCUT2D eigenvalue weighted by atomic mass is 10.7. The quantitative estimate of drug-likeness (QED) is 0.639. The zero-order valence-electron chi connectivity index (χ0n) is 6.08. The SMILES string of the molecule is C#CCNc1nc(N)nc(Cl)n1. The van der Waals surface area contributed by atoms with Crippen molar-refractivity contribution in [2.75, 3.05) is 17.6 Å². The molecule has 0 atom stereocenters. The van der Waals surface area contributed by atoms with E-state index in [1.54, 1.807) is 0 Å². The number of terminal acetylenes is 1. The van der Waals surface area contributed by atoms with E-state index in [4.69, 9.17) is 23.8 Å². The van der Waals surface area contributed by atoms with Crippen LogP contribution in [0.3, 0.4) is 0 Å². The minimum Gasteiger partial charge on any atom is -0.368 e. The van der Waals surface area contributed by atoms with Gasteiger partial charge in [0.15, 0.2) is 0 Å². The number of nitrogens with zero attached hydrogens (tertiary/aromatic N) is 3. The first kappa shape index (κ1) is 8.56. The third kappa shape index (κ3) is 2.25. The van der Waals surface area contributed by atoms with Crippen LogP contribution < -0.4 is 11.1 Å². The predicted octanol–water partition coefficient (Wildman–Crippen LogP) is 0.152. The average molecular weight is 184 g/mol. The van der Waals surface area contributed by atoms with E-state index >= 15 is 0 Å². The monoisotopic (exact) mass is 183 g/mol. The molecule has 1 aromatic rings. The van der Waals surface area contributed by atoms with E-state index in [0.29, 0.717) is 6.54 Å². The molecule has 62 valence electrons. The first-order valence-electron chi connectivity index (χ1n) is 3.07. The minimum absolute atomic E-state index is 0.0435. The van der Waals surface area contributed by atoms with Crippen LogP contribution in [0.25, 0.3) is 0 Å². The lowest BCUT2D eigenvalue weighted by Crippen LogP contribution is -2.06. The molecule has 0 spiro atoms. The largest absolute Gasteiger partial charge is 0.368 e. The molecule has 0 aromatic carbocycles. The van der Waals surface area contributed by atoms with E-state index in [1.807, 2.05) is 0 Å². The van der Waals surface area contributed by atoms with Gasteiger partial charge >= 0.3 is 0 Å². The second-order valence-corrected chi connectivity index (χ2v) is 2.18. The highest BCUT2D eigenvalue weighted by Gasteiger charge is 1.99. The Balaban J connectivity index is 2.80. The van der Waals surface area contributed by atoms with Gasteiger partial charge in [-0.1, -0.05) is 5.92 Å². The summed E-state index contributed by atoms with van der Waals surface area (Å²) in [5.41, 5.74) is 5.29. The number of nitrogens with two attached hydrogens (primary N) is 1. The fourth-order valence-corrected chi connectivity index (χ4v) is 0.741. The van der Waals surface area contributed by atoms with Crippen molar-refractivity contribution in [3.8, 4) is 12.3 Å². The highest BCUT2D eigenvalue weighted by atomic mass is 35.5. The molecule has 1 rings (SSSR count). The molecular weight excluding hydrogens is 178 g/mol. The fourth-order valence-electron chi connectivity index (χ4n) is 0.575. The molecular formula is C6H6ClN5. The molecule has 0 aliphatic rings. The first-order valence-corrected chi connectivity index (χ1v) is 3.44. The van der Waals surface area contributed by atoms with Gasteiger partial charge in [-0.25, -0.2) is 0 Å². The van der Waals surface area contributed by atoms with Crippen molar-refractivity contribution >= 4 is 23.5 Å². The summed E-state index contributed by atoms with van der Waals surface area (Å²) in [7, 11) is 0. The summed E-state index contributed by atoms with van der Waals surface area (Å²) in [6.45, 7) is 0.319. The number of anilines is 2. The Bertz CT molecular complexity index is 298. The van der Waals surface area contributed by atoms with E-state index in [-0.39, 0.29) is 17.2 Å². The number of hydrogen-bond acceptors (Lipinski definition) is 5. The molecule has 6 heteroatoms. The van der Waals surface area contributed by atoms with Gasteiger partial charge in [0.25, 0.3) is 0 Å². The van der Waals surface area contributed by atoms with E-state index in [9.17, 15) is 0 Å². The summed E-state index contributed by atoms with van der Waals surface area (Å²) in [6.07, 6.45) is 5.00. The van der Waals surface area contributed by atoms with Gasteiger partial charge in [0.1, 0.15) is 0 Å². The van der Waals surface area contributed by atoms with Gasteiger partial charge in [-0.2, -0.15) is 15.0 Å². The maximum atomic E-state index is 5.50. The number of hydrogen-bond donors (Lipinski definition) is 2. The molecule has 1 aromatic heterocycles. The standard InChI is InChI=1S/C6H6ClN5/c1-2-3-9-6-11-4(7)10-5(8)12-6/h1H,3H2,(H3,8,9,10,11,12).